The first-order chi connectivity index (χ1) is 10.6. The highest BCUT2D eigenvalue weighted by molar-refractivity contribution is 14.1. The van der Waals surface area contributed by atoms with Crippen LogP contribution >= 0.6 is 61.1 Å². The maximum Gasteiger partial charge on any atom is 0.339 e. The van der Waals surface area contributed by atoms with Crippen LogP contribution < -0.4 is 0 Å². The smallest absolute Gasteiger partial charge is 0.339 e. The van der Waals surface area contributed by atoms with Crippen LogP contribution in [0, 0.1) is 7.14 Å². The summed E-state index contributed by atoms with van der Waals surface area (Å²) in [5, 5.41) is 35.4. The number of aromatic hydroxyl groups is 2. The standard InChI is InChI=1S/C7H4BrIO3.C7H5IO3/c8-5-2-3(9)1-4(6(5)10)7(11)12;8-4-1-2-6(9)5(3-4)7(10)11/h1-2,10H,(H,11,12);1-3,9H,(H,10,11). The number of carboxylic acids is 2. The maximum absolute atomic E-state index is 10.5. The van der Waals surface area contributed by atoms with Crippen LogP contribution in [-0.4, -0.2) is 32.4 Å². The molecule has 2 aromatic carbocycles. The molecule has 0 fully saturated rings. The molecule has 0 aliphatic carbocycles. The Morgan fingerprint density at radius 3 is 1.87 bits per heavy atom. The Labute approximate surface area is 166 Å². The Balaban J connectivity index is 0.000000231. The van der Waals surface area contributed by atoms with Crippen molar-refractivity contribution in [3.05, 3.63) is 53.1 Å². The van der Waals surface area contributed by atoms with E-state index in [4.69, 9.17) is 15.3 Å². The first-order valence-electron chi connectivity index (χ1n) is 5.76. The molecule has 0 aliphatic heterocycles. The van der Waals surface area contributed by atoms with Gasteiger partial charge in [0.15, 0.2) is 0 Å². The van der Waals surface area contributed by atoms with Crippen molar-refractivity contribution in [3.8, 4) is 11.5 Å². The Kier molecular flexibility index (Phi) is 7.54. The maximum atomic E-state index is 10.5. The Hall–Kier alpha value is -1.08. The van der Waals surface area contributed by atoms with Crippen LogP contribution in [0.4, 0.5) is 0 Å². The summed E-state index contributed by atoms with van der Waals surface area (Å²) in [6, 6.07) is 7.47. The molecule has 0 saturated heterocycles. The van der Waals surface area contributed by atoms with Crippen molar-refractivity contribution in [1.29, 1.82) is 0 Å². The molecular weight excluding hydrogens is 598 g/mol. The number of halogens is 3. The number of hydrogen-bond acceptors (Lipinski definition) is 4. The molecule has 9 heteroatoms. The van der Waals surface area contributed by atoms with Gasteiger partial charge in [0.25, 0.3) is 0 Å². The van der Waals surface area contributed by atoms with Crippen LogP contribution in [0.3, 0.4) is 0 Å². The average molecular weight is 607 g/mol. The minimum absolute atomic E-state index is 0.0584. The van der Waals surface area contributed by atoms with Crippen LogP contribution in [0.1, 0.15) is 20.7 Å². The zero-order chi connectivity index (χ0) is 17.7. The number of aromatic carboxylic acids is 2. The van der Waals surface area contributed by atoms with Crippen LogP contribution in [-0.2, 0) is 0 Å². The SMILES string of the molecule is O=C(O)c1cc(I)cc(Br)c1O.O=C(O)c1cc(I)ccc1O. The molecule has 122 valence electrons. The fourth-order valence-electron chi connectivity index (χ4n) is 1.41. The second-order valence-electron chi connectivity index (χ2n) is 4.06. The lowest BCUT2D eigenvalue weighted by Crippen LogP contribution is -1.97. The lowest BCUT2D eigenvalue weighted by Gasteiger charge is -2.02. The Morgan fingerprint density at radius 1 is 0.870 bits per heavy atom. The van der Waals surface area contributed by atoms with E-state index >= 15 is 0 Å². The van der Waals surface area contributed by atoms with Crippen LogP contribution in [0.5, 0.6) is 11.5 Å². The molecule has 0 unspecified atom stereocenters. The summed E-state index contributed by atoms with van der Waals surface area (Å²) >= 11 is 7.00. The van der Waals surface area contributed by atoms with Crippen molar-refractivity contribution >= 4 is 73.1 Å². The molecule has 0 spiro atoms. The second-order valence-corrected chi connectivity index (χ2v) is 7.40. The molecule has 0 bridgehead atoms. The summed E-state index contributed by atoms with van der Waals surface area (Å²) in [5.74, 6) is -2.67. The van der Waals surface area contributed by atoms with Gasteiger partial charge < -0.3 is 20.4 Å². The van der Waals surface area contributed by atoms with Gasteiger partial charge in [0, 0.05) is 7.14 Å². The van der Waals surface area contributed by atoms with Crippen molar-refractivity contribution in [2.45, 2.75) is 0 Å². The van der Waals surface area contributed by atoms with Gasteiger partial charge in [0.1, 0.15) is 22.6 Å². The van der Waals surface area contributed by atoms with Crippen LogP contribution in [0.2, 0.25) is 0 Å². The van der Waals surface area contributed by atoms with Gasteiger partial charge in [0.2, 0.25) is 0 Å². The number of carboxylic acid groups (broad SMARTS) is 2. The normalized spacial score (nSPS) is 9.70. The largest absolute Gasteiger partial charge is 0.507 e. The minimum Gasteiger partial charge on any atom is -0.507 e. The van der Waals surface area contributed by atoms with E-state index in [2.05, 4.69) is 15.9 Å². The predicted molar refractivity (Wildman–Crippen MR) is 103 cm³/mol. The van der Waals surface area contributed by atoms with Gasteiger partial charge in [-0.15, -0.1) is 0 Å². The molecule has 6 nitrogen and oxygen atoms in total. The molecule has 23 heavy (non-hydrogen) atoms. The molecule has 4 N–H and O–H groups in total. The Morgan fingerprint density at radius 2 is 1.39 bits per heavy atom. The second kappa shape index (κ2) is 8.68. The molecular formula is C14H9BrI2O6. The summed E-state index contributed by atoms with van der Waals surface area (Å²) in [5.41, 5.74) is -0.148. The van der Waals surface area contributed by atoms with Gasteiger partial charge in [-0.05, 0) is 91.4 Å². The Bertz CT molecular complexity index is 763. The quantitative estimate of drug-likeness (QED) is 0.382. The van der Waals surface area contributed by atoms with Crippen molar-refractivity contribution < 1.29 is 30.0 Å². The van der Waals surface area contributed by atoms with Gasteiger partial charge in [0.05, 0.1) is 4.47 Å². The van der Waals surface area contributed by atoms with Gasteiger partial charge in [-0.25, -0.2) is 9.59 Å². The highest BCUT2D eigenvalue weighted by Crippen LogP contribution is 2.29. The lowest BCUT2D eigenvalue weighted by molar-refractivity contribution is 0.0682. The third-order valence-corrected chi connectivity index (χ3v) is 4.35. The number of phenols is 2. The zero-order valence-electron chi connectivity index (χ0n) is 11.1. The molecule has 0 aliphatic rings. The van der Waals surface area contributed by atoms with E-state index in [0.29, 0.717) is 4.47 Å². The van der Waals surface area contributed by atoms with Crippen molar-refractivity contribution in [2.75, 3.05) is 0 Å². The summed E-state index contributed by atoms with van der Waals surface area (Å²) in [4.78, 5) is 21.0. The fraction of sp³-hybridized carbons (Fsp3) is 0. The van der Waals surface area contributed by atoms with Crippen LogP contribution in [0.25, 0.3) is 0 Å². The highest BCUT2D eigenvalue weighted by Gasteiger charge is 2.13. The summed E-state index contributed by atoms with van der Waals surface area (Å²) in [6.07, 6.45) is 0. The molecule has 0 heterocycles. The number of benzene rings is 2. The van der Waals surface area contributed by atoms with E-state index in [-0.39, 0.29) is 22.6 Å². The van der Waals surface area contributed by atoms with E-state index in [1.165, 1.54) is 18.2 Å². The number of hydrogen-bond donors (Lipinski definition) is 4. The average Bonchev–Trinajstić information content (AvgIpc) is 2.45. The van der Waals surface area contributed by atoms with Gasteiger partial charge in [-0.3, -0.25) is 0 Å². The fourth-order valence-corrected chi connectivity index (χ4v) is 3.41. The summed E-state index contributed by atoms with van der Waals surface area (Å²) in [7, 11) is 0. The first kappa shape index (κ1) is 20.0. The van der Waals surface area contributed by atoms with Gasteiger partial charge in [-0.2, -0.15) is 0 Å². The third kappa shape index (κ3) is 5.80. The van der Waals surface area contributed by atoms with Crippen molar-refractivity contribution in [2.24, 2.45) is 0 Å². The summed E-state index contributed by atoms with van der Waals surface area (Å²) < 4.78 is 1.94. The lowest BCUT2D eigenvalue weighted by atomic mass is 10.2. The summed E-state index contributed by atoms with van der Waals surface area (Å²) in [6.45, 7) is 0. The minimum atomic E-state index is -1.13. The molecule has 0 aromatic heterocycles. The third-order valence-electron chi connectivity index (χ3n) is 2.45. The number of rotatable bonds is 2. The van der Waals surface area contributed by atoms with E-state index in [1.807, 2.05) is 45.2 Å². The van der Waals surface area contributed by atoms with Crippen LogP contribution in [0.15, 0.2) is 34.8 Å². The monoisotopic (exact) mass is 606 g/mol. The predicted octanol–water partition coefficient (Wildman–Crippen LogP) is 4.15. The molecule has 0 saturated carbocycles. The molecule has 0 atom stereocenters. The van der Waals surface area contributed by atoms with E-state index < -0.39 is 11.9 Å². The van der Waals surface area contributed by atoms with E-state index in [9.17, 15) is 14.7 Å². The van der Waals surface area contributed by atoms with Crippen molar-refractivity contribution in [1.82, 2.24) is 0 Å². The molecule has 0 amide bonds. The molecule has 2 aromatic rings. The molecule has 0 radical (unpaired) electrons. The van der Waals surface area contributed by atoms with Gasteiger partial charge >= 0.3 is 11.9 Å². The van der Waals surface area contributed by atoms with Gasteiger partial charge in [-0.1, -0.05) is 0 Å². The zero-order valence-corrected chi connectivity index (χ0v) is 17.0. The highest BCUT2D eigenvalue weighted by atomic mass is 127. The molecule has 2 rings (SSSR count). The topological polar surface area (TPSA) is 115 Å². The first-order valence-corrected chi connectivity index (χ1v) is 8.71. The van der Waals surface area contributed by atoms with E-state index in [1.54, 1.807) is 12.1 Å². The van der Waals surface area contributed by atoms with Crippen molar-refractivity contribution in [3.63, 3.8) is 0 Å². The number of carbonyl (C=O) groups is 2. The van der Waals surface area contributed by atoms with E-state index in [0.717, 1.165) is 7.14 Å².